The van der Waals surface area contributed by atoms with E-state index < -0.39 is 7.12 Å². The zero-order valence-corrected chi connectivity index (χ0v) is 7.50. The Labute approximate surface area is 73.4 Å². The summed E-state index contributed by atoms with van der Waals surface area (Å²) in [6.45, 7) is 8.18. The Kier molecular flexibility index (Phi) is 2.90. The fourth-order valence-corrected chi connectivity index (χ4v) is 1.01. The first-order valence-corrected chi connectivity index (χ1v) is 3.97. The number of hydrogen-bond acceptors (Lipinski definition) is 2. The lowest BCUT2D eigenvalue weighted by atomic mass is 9.79. The summed E-state index contributed by atoms with van der Waals surface area (Å²) in [5.74, 6) is 0. The molecule has 1 aliphatic heterocycles. The van der Waals surface area contributed by atoms with Crippen LogP contribution in [0.1, 0.15) is 13.8 Å². The van der Waals surface area contributed by atoms with E-state index in [2.05, 4.69) is 6.58 Å². The van der Waals surface area contributed by atoms with E-state index in [1.54, 1.807) is 0 Å². The largest absolute Gasteiger partial charge is 0.491 e. The molecule has 1 heterocycles. The highest BCUT2D eigenvalue weighted by Crippen LogP contribution is 2.20. The highest BCUT2D eigenvalue weighted by atomic mass is 16.5. The van der Waals surface area contributed by atoms with Crippen LogP contribution in [0.5, 0.6) is 0 Å². The van der Waals surface area contributed by atoms with E-state index in [1.807, 2.05) is 26.0 Å². The van der Waals surface area contributed by atoms with Gasteiger partial charge >= 0.3 is 7.12 Å². The quantitative estimate of drug-likeness (QED) is 0.594. The molecule has 2 nitrogen and oxygen atoms in total. The highest BCUT2D eigenvalue weighted by Gasteiger charge is 2.28. The molecule has 1 N–H and O–H groups in total. The molecule has 1 rings (SSSR count). The molecular formula is C9H13BO2. The first kappa shape index (κ1) is 9.29. The molecule has 0 aromatic rings. The molecule has 0 unspecified atom stereocenters. The van der Waals surface area contributed by atoms with Crippen molar-refractivity contribution in [1.29, 1.82) is 0 Å². The van der Waals surface area contributed by atoms with Gasteiger partial charge in [-0.15, -0.1) is 0 Å². The third kappa shape index (κ3) is 1.87. The van der Waals surface area contributed by atoms with Crippen molar-refractivity contribution in [3.8, 4) is 0 Å². The van der Waals surface area contributed by atoms with E-state index in [4.69, 9.17) is 4.65 Å². The van der Waals surface area contributed by atoms with Crippen molar-refractivity contribution in [2.75, 3.05) is 6.61 Å². The Morgan fingerprint density at radius 2 is 2.42 bits per heavy atom. The standard InChI is InChI=1S/C9H13BO2/c1-4-7(2)5-9-6-12-10(11)8(9)3/h4-5,11H,3,6H2,1-2H3/b7-4-,9-5-. The van der Waals surface area contributed by atoms with Crippen LogP contribution in [0.3, 0.4) is 0 Å². The SMILES string of the molecule is C=C1B(O)OC/C1=C/C(C)=C\C. The Bertz CT molecular complexity index is 253. The van der Waals surface area contributed by atoms with Crippen molar-refractivity contribution in [1.82, 2.24) is 0 Å². The minimum absolute atomic E-state index is 0.463. The molecule has 0 atom stereocenters. The van der Waals surface area contributed by atoms with Gasteiger partial charge in [-0.25, -0.2) is 0 Å². The first-order chi connectivity index (χ1) is 5.65. The molecule has 12 heavy (non-hydrogen) atoms. The lowest BCUT2D eigenvalue weighted by Crippen LogP contribution is -2.11. The summed E-state index contributed by atoms with van der Waals surface area (Å²) in [4.78, 5) is 0. The average Bonchev–Trinajstić information content (AvgIpc) is 2.36. The van der Waals surface area contributed by atoms with Crippen LogP contribution in [0.25, 0.3) is 0 Å². The van der Waals surface area contributed by atoms with Crippen LogP contribution in [-0.2, 0) is 4.65 Å². The van der Waals surface area contributed by atoms with Gasteiger partial charge in [0.15, 0.2) is 0 Å². The van der Waals surface area contributed by atoms with Crippen molar-refractivity contribution < 1.29 is 9.68 Å². The van der Waals surface area contributed by atoms with E-state index in [0.717, 1.165) is 11.1 Å². The second kappa shape index (κ2) is 3.74. The van der Waals surface area contributed by atoms with Crippen LogP contribution >= 0.6 is 0 Å². The van der Waals surface area contributed by atoms with Gasteiger partial charge in [-0.2, -0.15) is 0 Å². The lowest BCUT2D eigenvalue weighted by Gasteiger charge is -1.96. The van der Waals surface area contributed by atoms with Gasteiger partial charge in [-0.1, -0.05) is 24.3 Å². The first-order valence-electron chi connectivity index (χ1n) is 3.97. The van der Waals surface area contributed by atoms with Crippen LogP contribution < -0.4 is 0 Å². The molecular weight excluding hydrogens is 151 g/mol. The molecule has 0 amide bonds. The summed E-state index contributed by atoms with van der Waals surface area (Å²) in [6.07, 6.45) is 3.99. The van der Waals surface area contributed by atoms with Gasteiger partial charge in [0.1, 0.15) is 0 Å². The summed E-state index contributed by atoms with van der Waals surface area (Å²) in [7, 11) is -0.805. The number of hydrogen-bond donors (Lipinski definition) is 1. The minimum atomic E-state index is -0.805. The third-order valence-electron chi connectivity index (χ3n) is 1.96. The molecule has 0 aliphatic carbocycles. The van der Waals surface area contributed by atoms with Crippen molar-refractivity contribution in [3.63, 3.8) is 0 Å². The predicted octanol–water partition coefficient (Wildman–Crippen LogP) is 1.49. The van der Waals surface area contributed by atoms with Crippen LogP contribution in [0, 0.1) is 0 Å². The molecule has 0 saturated carbocycles. The normalized spacial score (nSPS) is 22.6. The summed E-state index contributed by atoms with van der Waals surface area (Å²) in [5.41, 5.74) is 2.82. The van der Waals surface area contributed by atoms with Crippen LogP contribution in [-0.4, -0.2) is 18.7 Å². The molecule has 64 valence electrons. The highest BCUT2D eigenvalue weighted by molar-refractivity contribution is 6.54. The maximum absolute atomic E-state index is 9.17. The van der Waals surface area contributed by atoms with Gasteiger partial charge in [0, 0.05) is 0 Å². The summed E-state index contributed by atoms with van der Waals surface area (Å²) in [6, 6.07) is 0. The Morgan fingerprint density at radius 3 is 2.83 bits per heavy atom. The van der Waals surface area contributed by atoms with Crippen LogP contribution in [0.15, 0.2) is 35.3 Å². The summed E-state index contributed by atoms with van der Waals surface area (Å²) < 4.78 is 4.98. The monoisotopic (exact) mass is 164 g/mol. The average molecular weight is 164 g/mol. The van der Waals surface area contributed by atoms with E-state index in [9.17, 15) is 5.02 Å². The van der Waals surface area contributed by atoms with E-state index in [-0.39, 0.29) is 0 Å². The number of rotatable bonds is 1. The van der Waals surface area contributed by atoms with E-state index in [0.29, 0.717) is 12.1 Å². The maximum atomic E-state index is 9.17. The van der Waals surface area contributed by atoms with Gasteiger partial charge in [0.2, 0.25) is 0 Å². The van der Waals surface area contributed by atoms with Crippen LogP contribution in [0.4, 0.5) is 0 Å². The molecule has 1 aliphatic rings. The minimum Gasteiger partial charge on any atom is -0.423 e. The predicted molar refractivity (Wildman–Crippen MR) is 50.6 cm³/mol. The fourth-order valence-electron chi connectivity index (χ4n) is 1.01. The molecule has 0 spiro atoms. The summed E-state index contributed by atoms with van der Waals surface area (Å²) in [5, 5.41) is 9.17. The Hall–Kier alpha value is -0.795. The van der Waals surface area contributed by atoms with Gasteiger partial charge in [0.25, 0.3) is 0 Å². The van der Waals surface area contributed by atoms with Gasteiger partial charge in [0.05, 0.1) is 6.61 Å². The molecule has 0 aromatic heterocycles. The molecule has 0 aromatic carbocycles. The molecule has 1 fully saturated rings. The number of allylic oxidation sites excluding steroid dienone is 3. The molecule has 1 saturated heterocycles. The zero-order valence-electron chi connectivity index (χ0n) is 7.50. The van der Waals surface area contributed by atoms with Crippen molar-refractivity contribution in [2.24, 2.45) is 0 Å². The second-order valence-corrected chi connectivity index (χ2v) is 2.89. The van der Waals surface area contributed by atoms with Gasteiger partial charge < -0.3 is 9.68 Å². The van der Waals surface area contributed by atoms with Crippen molar-refractivity contribution in [3.05, 3.63) is 35.3 Å². The Morgan fingerprint density at radius 1 is 1.75 bits per heavy atom. The van der Waals surface area contributed by atoms with Gasteiger partial charge in [-0.3, -0.25) is 0 Å². The molecule has 0 bridgehead atoms. The van der Waals surface area contributed by atoms with E-state index in [1.165, 1.54) is 0 Å². The topological polar surface area (TPSA) is 29.5 Å². The smallest absolute Gasteiger partial charge is 0.423 e. The van der Waals surface area contributed by atoms with Crippen molar-refractivity contribution >= 4 is 7.12 Å². The second-order valence-electron chi connectivity index (χ2n) is 2.89. The van der Waals surface area contributed by atoms with E-state index >= 15 is 0 Å². The van der Waals surface area contributed by atoms with Gasteiger partial charge in [-0.05, 0) is 24.9 Å². The summed E-state index contributed by atoms with van der Waals surface area (Å²) >= 11 is 0. The van der Waals surface area contributed by atoms with Crippen molar-refractivity contribution in [2.45, 2.75) is 13.8 Å². The van der Waals surface area contributed by atoms with Crippen LogP contribution in [0.2, 0.25) is 0 Å². The Balaban J connectivity index is 2.78. The lowest BCUT2D eigenvalue weighted by molar-refractivity contribution is 0.316. The zero-order chi connectivity index (χ0) is 9.14. The fraction of sp³-hybridized carbons (Fsp3) is 0.333. The maximum Gasteiger partial charge on any atom is 0.491 e. The third-order valence-corrected chi connectivity index (χ3v) is 1.96. The molecule has 0 radical (unpaired) electrons. The molecule has 3 heteroatoms.